The molecule has 0 aliphatic carbocycles. The number of carbonyl (C=O) groups is 2. The topological polar surface area (TPSA) is 71.5 Å². The van der Waals surface area contributed by atoms with E-state index in [-0.39, 0.29) is 18.5 Å². The first kappa shape index (κ1) is 20.4. The molecule has 0 saturated carbocycles. The van der Waals surface area contributed by atoms with Crippen molar-refractivity contribution in [3.63, 3.8) is 0 Å². The summed E-state index contributed by atoms with van der Waals surface area (Å²) in [5.41, 5.74) is 2.42. The van der Waals surface area contributed by atoms with Gasteiger partial charge in [0, 0.05) is 17.8 Å². The number of aromatic nitrogens is 1. The number of nitrogens with zero attached hydrogens (tertiary/aromatic N) is 2. The molecule has 1 N–H and O–H groups in total. The summed E-state index contributed by atoms with van der Waals surface area (Å²) >= 11 is 7.31. The highest BCUT2D eigenvalue weighted by molar-refractivity contribution is 7.17. The van der Waals surface area contributed by atoms with E-state index in [4.69, 9.17) is 16.3 Å². The summed E-state index contributed by atoms with van der Waals surface area (Å²) in [6, 6.07) is 3.69. The van der Waals surface area contributed by atoms with Crippen molar-refractivity contribution in [2.75, 3.05) is 23.4 Å². The van der Waals surface area contributed by atoms with Gasteiger partial charge in [0.2, 0.25) is 5.91 Å². The van der Waals surface area contributed by atoms with Crippen molar-refractivity contribution in [3.8, 4) is 0 Å². The second kappa shape index (κ2) is 9.21. The number of halogens is 1. The van der Waals surface area contributed by atoms with Gasteiger partial charge in [-0.1, -0.05) is 17.7 Å². The lowest BCUT2D eigenvalue weighted by atomic mass is 10.0. The zero-order valence-electron chi connectivity index (χ0n) is 15.7. The van der Waals surface area contributed by atoms with Gasteiger partial charge in [0.1, 0.15) is 10.2 Å². The van der Waals surface area contributed by atoms with E-state index in [0.717, 1.165) is 22.7 Å². The molecule has 0 spiro atoms. The quantitative estimate of drug-likeness (QED) is 0.408. The highest BCUT2D eigenvalue weighted by Gasteiger charge is 2.29. The summed E-state index contributed by atoms with van der Waals surface area (Å²) in [6.45, 7) is 7.07. The summed E-state index contributed by atoms with van der Waals surface area (Å²) < 4.78 is 5.24. The van der Waals surface area contributed by atoms with Crippen LogP contribution in [0.3, 0.4) is 0 Å². The van der Waals surface area contributed by atoms with Gasteiger partial charge in [-0.15, -0.1) is 17.9 Å². The lowest BCUT2D eigenvalue weighted by Crippen LogP contribution is -2.30. The molecule has 28 heavy (non-hydrogen) atoms. The number of nitrogens with one attached hydrogen (secondary N) is 1. The lowest BCUT2D eigenvalue weighted by Gasteiger charge is -2.28. The minimum Gasteiger partial charge on any atom is -0.462 e. The Bertz CT molecular complexity index is 880. The average molecular weight is 420 g/mol. The number of thiophene rings is 1. The second-order valence-electron chi connectivity index (χ2n) is 6.31. The van der Waals surface area contributed by atoms with Crippen LogP contribution in [0.25, 0.3) is 0 Å². The molecule has 2 aromatic rings. The van der Waals surface area contributed by atoms with Crippen LogP contribution in [0.2, 0.25) is 5.15 Å². The van der Waals surface area contributed by atoms with Gasteiger partial charge in [-0.3, -0.25) is 4.79 Å². The van der Waals surface area contributed by atoms with Gasteiger partial charge in [-0.25, -0.2) is 9.78 Å². The van der Waals surface area contributed by atoms with Crippen LogP contribution in [0.5, 0.6) is 0 Å². The molecular weight excluding hydrogens is 398 g/mol. The summed E-state index contributed by atoms with van der Waals surface area (Å²) in [7, 11) is 0. The molecule has 6 nitrogen and oxygen atoms in total. The van der Waals surface area contributed by atoms with Gasteiger partial charge >= 0.3 is 5.97 Å². The monoisotopic (exact) mass is 419 g/mol. The first-order valence-electron chi connectivity index (χ1n) is 9.12. The van der Waals surface area contributed by atoms with Crippen LogP contribution in [0.15, 0.2) is 31.0 Å². The van der Waals surface area contributed by atoms with Crippen molar-refractivity contribution >= 4 is 45.5 Å². The number of carbonyl (C=O) groups excluding carboxylic acids is 2. The van der Waals surface area contributed by atoms with Crippen LogP contribution in [0.4, 0.5) is 10.7 Å². The highest BCUT2D eigenvalue weighted by Crippen LogP contribution is 2.38. The fourth-order valence-corrected chi connectivity index (χ4v) is 4.49. The standard InChI is InChI=1S/C20H22ClN3O3S/c1-3-5-6-17(25)23-19-18(20(26)27-4-2)14-9-10-24(12-15(14)28-19)13-7-8-16(21)22-11-13/h3,7-8,11H,1,4-6,9-10,12H2,2H3,(H,23,25). The molecule has 3 rings (SSSR count). The Morgan fingerprint density at radius 2 is 2.29 bits per heavy atom. The van der Waals surface area contributed by atoms with Crippen molar-refractivity contribution < 1.29 is 14.3 Å². The molecule has 0 saturated heterocycles. The fraction of sp³-hybridized carbons (Fsp3) is 0.350. The van der Waals surface area contributed by atoms with Gasteiger partial charge < -0.3 is 15.0 Å². The molecule has 1 aliphatic rings. The van der Waals surface area contributed by atoms with Crippen molar-refractivity contribution in [2.24, 2.45) is 0 Å². The molecular formula is C20H22ClN3O3S. The van der Waals surface area contributed by atoms with E-state index in [1.165, 1.54) is 11.3 Å². The fourth-order valence-electron chi connectivity index (χ4n) is 3.11. The van der Waals surface area contributed by atoms with Gasteiger partial charge in [0.25, 0.3) is 0 Å². The number of ether oxygens (including phenoxy) is 1. The van der Waals surface area contributed by atoms with Crippen LogP contribution in [0, 0.1) is 0 Å². The lowest BCUT2D eigenvalue weighted by molar-refractivity contribution is -0.116. The maximum atomic E-state index is 12.6. The minimum atomic E-state index is -0.388. The molecule has 0 fully saturated rings. The Morgan fingerprint density at radius 3 is 2.96 bits per heavy atom. The van der Waals surface area contributed by atoms with Crippen LogP contribution in [-0.2, 0) is 22.5 Å². The molecule has 3 heterocycles. The molecule has 0 unspecified atom stereocenters. The van der Waals surface area contributed by atoms with Gasteiger partial charge in [-0.05, 0) is 37.5 Å². The summed E-state index contributed by atoms with van der Waals surface area (Å²) in [5, 5.41) is 3.90. The Balaban J connectivity index is 1.88. The summed E-state index contributed by atoms with van der Waals surface area (Å²) in [5.74, 6) is -0.525. The largest absolute Gasteiger partial charge is 0.462 e. The first-order valence-corrected chi connectivity index (χ1v) is 10.3. The normalized spacial score (nSPS) is 13.0. The maximum Gasteiger partial charge on any atom is 0.341 e. The predicted octanol–water partition coefficient (Wildman–Crippen LogP) is 4.44. The Hall–Kier alpha value is -2.38. The van der Waals surface area contributed by atoms with Gasteiger partial charge in [0.15, 0.2) is 0 Å². The third kappa shape index (κ3) is 4.54. The van der Waals surface area contributed by atoms with E-state index in [1.54, 1.807) is 25.3 Å². The molecule has 0 aromatic carbocycles. The van der Waals surface area contributed by atoms with Crippen molar-refractivity contribution in [3.05, 3.63) is 52.1 Å². The zero-order valence-corrected chi connectivity index (χ0v) is 17.2. The van der Waals surface area contributed by atoms with E-state index in [9.17, 15) is 9.59 Å². The molecule has 1 aliphatic heterocycles. The predicted molar refractivity (Wildman–Crippen MR) is 112 cm³/mol. The van der Waals surface area contributed by atoms with Crippen LogP contribution < -0.4 is 10.2 Å². The molecule has 0 bridgehead atoms. The van der Waals surface area contributed by atoms with Crippen molar-refractivity contribution in [2.45, 2.75) is 32.7 Å². The van der Waals surface area contributed by atoms with Gasteiger partial charge in [-0.2, -0.15) is 0 Å². The molecule has 1 amide bonds. The maximum absolute atomic E-state index is 12.6. The number of anilines is 2. The molecule has 148 valence electrons. The van der Waals surface area contributed by atoms with Gasteiger partial charge in [0.05, 0.1) is 30.6 Å². The number of pyridine rings is 1. The van der Waals surface area contributed by atoms with E-state index < -0.39 is 0 Å². The average Bonchev–Trinajstić information content (AvgIpc) is 3.04. The molecule has 2 aromatic heterocycles. The summed E-state index contributed by atoms with van der Waals surface area (Å²) in [4.78, 5) is 32.1. The number of amides is 1. The second-order valence-corrected chi connectivity index (χ2v) is 7.81. The zero-order chi connectivity index (χ0) is 20.1. The molecule has 0 radical (unpaired) electrons. The SMILES string of the molecule is C=CCCC(=O)Nc1sc2c(c1C(=O)OCC)CCN(c1ccc(Cl)nc1)C2. The van der Waals surface area contributed by atoms with E-state index in [2.05, 4.69) is 21.8 Å². The Morgan fingerprint density at radius 1 is 1.46 bits per heavy atom. The Kier molecular flexibility index (Phi) is 6.70. The Labute approximate surface area is 173 Å². The van der Waals surface area contributed by atoms with Crippen LogP contribution in [-0.4, -0.2) is 30.0 Å². The van der Waals surface area contributed by atoms with Crippen molar-refractivity contribution in [1.82, 2.24) is 4.98 Å². The van der Waals surface area contributed by atoms with E-state index in [0.29, 0.717) is 41.5 Å². The number of esters is 1. The number of hydrogen-bond donors (Lipinski definition) is 1. The number of hydrogen-bond acceptors (Lipinski definition) is 6. The van der Waals surface area contributed by atoms with Crippen LogP contribution >= 0.6 is 22.9 Å². The van der Waals surface area contributed by atoms with Crippen molar-refractivity contribution in [1.29, 1.82) is 0 Å². The van der Waals surface area contributed by atoms with E-state index >= 15 is 0 Å². The smallest absolute Gasteiger partial charge is 0.341 e. The number of fused-ring (bicyclic) bond motifs is 1. The third-order valence-electron chi connectivity index (χ3n) is 4.44. The minimum absolute atomic E-state index is 0.136. The molecule has 8 heteroatoms. The first-order chi connectivity index (χ1) is 13.5. The van der Waals surface area contributed by atoms with Crippen LogP contribution in [0.1, 0.15) is 40.6 Å². The summed E-state index contributed by atoms with van der Waals surface area (Å²) in [6.07, 6.45) is 5.04. The molecule has 0 atom stereocenters. The van der Waals surface area contributed by atoms with E-state index in [1.807, 2.05) is 6.07 Å². The number of allylic oxidation sites excluding steroid dienone is 1. The third-order valence-corrected chi connectivity index (χ3v) is 5.80. The highest BCUT2D eigenvalue weighted by atomic mass is 35.5. The number of rotatable bonds is 7.